The number of nitrogens with one attached hydrogen (secondary N) is 1. The highest BCUT2D eigenvalue weighted by molar-refractivity contribution is 6.29. The second-order valence-electron chi connectivity index (χ2n) is 8.83. The van der Waals surface area contributed by atoms with E-state index in [2.05, 4.69) is 15.4 Å². The summed E-state index contributed by atoms with van der Waals surface area (Å²) >= 11 is 5.92. The van der Waals surface area contributed by atoms with Crippen LogP contribution in [0.25, 0.3) is 10.9 Å². The van der Waals surface area contributed by atoms with Crippen LogP contribution in [0.3, 0.4) is 0 Å². The van der Waals surface area contributed by atoms with Crippen LogP contribution in [-0.4, -0.2) is 54.3 Å². The molecule has 2 amide bonds. The zero-order valence-electron chi connectivity index (χ0n) is 18.7. The van der Waals surface area contributed by atoms with Gasteiger partial charge in [0.1, 0.15) is 29.3 Å². The van der Waals surface area contributed by atoms with Crippen molar-refractivity contribution in [1.82, 2.24) is 19.7 Å². The Kier molecular flexibility index (Phi) is 5.72. The van der Waals surface area contributed by atoms with E-state index in [1.54, 1.807) is 23.1 Å². The monoisotopic (exact) mass is 496 g/mol. The van der Waals surface area contributed by atoms with Crippen LogP contribution in [0.15, 0.2) is 36.4 Å². The van der Waals surface area contributed by atoms with Gasteiger partial charge in [-0.15, -0.1) is 0 Å². The maximum atomic E-state index is 13.5. The van der Waals surface area contributed by atoms with Crippen LogP contribution >= 0.6 is 11.6 Å². The predicted molar refractivity (Wildman–Crippen MR) is 126 cm³/mol. The SMILES string of the molecule is CC(=O)c1nn(CC(=O)N2[C@@H]3CC[C@@H](C3)[C@H]2C(=O)Nc2cccc(Cl)n2)c2ccc([N+](=O)[O-])cc12. The summed E-state index contributed by atoms with van der Waals surface area (Å²) in [4.78, 5) is 55.1. The number of nitrogens with zero attached hydrogens (tertiary/aromatic N) is 5. The standard InChI is InChI=1S/C23H21ClN6O5/c1-12(31)21-16-10-15(30(34)35)7-8-17(16)28(27-21)11-20(32)29-14-6-5-13(9-14)22(29)23(33)26-19-4-2-3-18(24)25-19/h2-4,7-8,10,13-14,22H,5-6,9,11H2,1H3,(H,25,26,33)/t13-,14+,22-/m0/s1. The third-order valence-electron chi connectivity index (χ3n) is 6.67. The molecule has 5 rings (SSSR count). The average molecular weight is 497 g/mol. The van der Waals surface area contributed by atoms with Gasteiger partial charge in [0.2, 0.25) is 11.8 Å². The number of benzene rings is 1. The lowest BCUT2D eigenvalue weighted by Gasteiger charge is -2.34. The normalized spacial score (nSPS) is 20.9. The Balaban J connectivity index is 1.43. The van der Waals surface area contributed by atoms with Crippen molar-refractivity contribution in [2.24, 2.45) is 5.92 Å². The van der Waals surface area contributed by atoms with Gasteiger partial charge in [0.05, 0.1) is 10.4 Å². The molecule has 11 nitrogen and oxygen atoms in total. The highest BCUT2D eigenvalue weighted by Crippen LogP contribution is 2.43. The molecule has 180 valence electrons. The lowest BCUT2D eigenvalue weighted by atomic mass is 9.97. The van der Waals surface area contributed by atoms with Crippen LogP contribution in [0.1, 0.15) is 36.7 Å². The Labute approximate surface area is 204 Å². The molecular formula is C23H21ClN6O5. The van der Waals surface area contributed by atoms with Crippen LogP contribution in [0, 0.1) is 16.0 Å². The summed E-state index contributed by atoms with van der Waals surface area (Å²) in [5.74, 6) is -0.662. The molecule has 1 N–H and O–H groups in total. The number of carbonyl (C=O) groups excluding carboxylic acids is 3. The average Bonchev–Trinajstić information content (AvgIpc) is 3.52. The number of pyridine rings is 1. The third kappa shape index (κ3) is 4.12. The number of amides is 2. The van der Waals surface area contributed by atoms with Crippen molar-refractivity contribution in [1.29, 1.82) is 0 Å². The topological polar surface area (TPSA) is 140 Å². The van der Waals surface area contributed by atoms with E-state index in [1.807, 2.05) is 0 Å². The summed E-state index contributed by atoms with van der Waals surface area (Å²) in [6.07, 6.45) is 2.39. The van der Waals surface area contributed by atoms with Crippen LogP contribution in [0.4, 0.5) is 11.5 Å². The second kappa shape index (κ2) is 8.73. The van der Waals surface area contributed by atoms with E-state index >= 15 is 0 Å². The van der Waals surface area contributed by atoms with Gasteiger partial charge in [-0.25, -0.2) is 4.98 Å². The minimum atomic E-state index is -0.655. The van der Waals surface area contributed by atoms with Crippen molar-refractivity contribution >= 4 is 51.6 Å². The minimum Gasteiger partial charge on any atom is -0.326 e. The number of nitro groups is 1. The Morgan fingerprint density at radius 1 is 1.23 bits per heavy atom. The summed E-state index contributed by atoms with van der Waals surface area (Å²) in [6.45, 7) is 1.11. The van der Waals surface area contributed by atoms with E-state index in [9.17, 15) is 24.5 Å². The van der Waals surface area contributed by atoms with E-state index in [0.29, 0.717) is 16.7 Å². The highest BCUT2D eigenvalue weighted by Gasteiger charge is 2.51. The number of ketones is 1. The number of rotatable bonds is 6. The first-order valence-electron chi connectivity index (χ1n) is 11.1. The Bertz CT molecular complexity index is 1390. The zero-order valence-corrected chi connectivity index (χ0v) is 19.4. The quantitative estimate of drug-likeness (QED) is 0.239. The van der Waals surface area contributed by atoms with Gasteiger partial charge in [0, 0.05) is 30.5 Å². The molecule has 2 aromatic heterocycles. The van der Waals surface area contributed by atoms with Gasteiger partial charge in [-0.1, -0.05) is 17.7 Å². The Morgan fingerprint density at radius 3 is 2.74 bits per heavy atom. The molecule has 1 saturated carbocycles. The molecule has 12 heteroatoms. The van der Waals surface area contributed by atoms with Gasteiger partial charge < -0.3 is 10.2 Å². The Hall–Kier alpha value is -3.86. The molecule has 0 spiro atoms. The second-order valence-corrected chi connectivity index (χ2v) is 9.22. The number of carbonyl (C=O) groups is 3. The number of halogens is 1. The number of piperidine rings is 1. The lowest BCUT2D eigenvalue weighted by Crippen LogP contribution is -2.52. The Morgan fingerprint density at radius 2 is 2.03 bits per heavy atom. The number of non-ortho nitro benzene ring substituents is 1. The van der Waals surface area contributed by atoms with E-state index in [-0.39, 0.29) is 52.6 Å². The maximum Gasteiger partial charge on any atom is 0.270 e. The van der Waals surface area contributed by atoms with Crippen molar-refractivity contribution < 1.29 is 19.3 Å². The summed E-state index contributed by atoms with van der Waals surface area (Å²) in [6, 6.07) is 8.25. The van der Waals surface area contributed by atoms with Crippen LogP contribution in [-0.2, 0) is 16.1 Å². The molecule has 1 aliphatic heterocycles. The van der Waals surface area contributed by atoms with Crippen molar-refractivity contribution in [3.05, 3.63) is 57.4 Å². The highest BCUT2D eigenvalue weighted by atomic mass is 35.5. The zero-order chi connectivity index (χ0) is 24.9. The number of Topliss-reactive ketones (excluding diaryl/α,β-unsaturated/α-hetero) is 1. The fourth-order valence-corrected chi connectivity index (χ4v) is 5.40. The summed E-state index contributed by atoms with van der Waals surface area (Å²) < 4.78 is 1.37. The molecule has 0 unspecified atom stereocenters. The number of aromatic nitrogens is 3. The molecule has 35 heavy (non-hydrogen) atoms. The number of hydrogen-bond donors (Lipinski definition) is 1. The molecule has 2 fully saturated rings. The maximum absolute atomic E-state index is 13.5. The molecule has 3 atom stereocenters. The first kappa shape index (κ1) is 22.9. The fourth-order valence-electron chi connectivity index (χ4n) is 5.23. The van der Waals surface area contributed by atoms with E-state index in [4.69, 9.17) is 11.6 Å². The van der Waals surface area contributed by atoms with Crippen molar-refractivity contribution in [3.8, 4) is 0 Å². The molecule has 3 aromatic rings. The van der Waals surface area contributed by atoms with Crippen LogP contribution in [0.2, 0.25) is 5.15 Å². The number of nitro benzene ring substituents is 1. The van der Waals surface area contributed by atoms with Crippen LogP contribution in [0.5, 0.6) is 0 Å². The molecule has 3 heterocycles. The number of fused-ring (bicyclic) bond motifs is 3. The third-order valence-corrected chi connectivity index (χ3v) is 6.88. The van der Waals surface area contributed by atoms with Crippen LogP contribution < -0.4 is 5.32 Å². The van der Waals surface area contributed by atoms with Crippen molar-refractivity contribution in [3.63, 3.8) is 0 Å². The van der Waals surface area contributed by atoms with Gasteiger partial charge in [0.15, 0.2) is 5.78 Å². The number of likely N-dealkylation sites (tertiary alicyclic amines) is 1. The van der Waals surface area contributed by atoms with Gasteiger partial charge >= 0.3 is 0 Å². The molecule has 0 radical (unpaired) electrons. The van der Waals surface area contributed by atoms with Gasteiger partial charge in [-0.2, -0.15) is 5.10 Å². The van der Waals surface area contributed by atoms with E-state index in [1.165, 1.54) is 29.8 Å². The van der Waals surface area contributed by atoms with Crippen molar-refractivity contribution in [2.45, 2.75) is 44.8 Å². The molecule has 2 aliphatic rings. The van der Waals surface area contributed by atoms with E-state index < -0.39 is 11.0 Å². The van der Waals surface area contributed by atoms with Gasteiger partial charge in [-0.05, 0) is 43.4 Å². The van der Waals surface area contributed by atoms with Gasteiger partial charge in [-0.3, -0.25) is 29.2 Å². The smallest absolute Gasteiger partial charge is 0.270 e. The summed E-state index contributed by atoms with van der Waals surface area (Å²) in [5.41, 5.74) is 0.317. The number of anilines is 1. The summed E-state index contributed by atoms with van der Waals surface area (Å²) in [7, 11) is 0. The first-order valence-corrected chi connectivity index (χ1v) is 11.5. The largest absolute Gasteiger partial charge is 0.326 e. The van der Waals surface area contributed by atoms with Crippen molar-refractivity contribution in [2.75, 3.05) is 5.32 Å². The summed E-state index contributed by atoms with van der Waals surface area (Å²) in [5, 5.41) is 18.8. The molecule has 1 saturated heterocycles. The number of hydrogen-bond acceptors (Lipinski definition) is 7. The fraction of sp³-hybridized carbons (Fsp3) is 0.348. The first-order chi connectivity index (χ1) is 16.7. The lowest BCUT2D eigenvalue weighted by molar-refractivity contribution is -0.384. The predicted octanol–water partition coefficient (Wildman–Crippen LogP) is 3.21. The van der Waals surface area contributed by atoms with Gasteiger partial charge in [0.25, 0.3) is 5.69 Å². The molecular weight excluding hydrogens is 476 g/mol. The molecule has 2 bridgehead atoms. The molecule has 1 aromatic carbocycles. The minimum absolute atomic E-state index is 0.0351. The molecule has 1 aliphatic carbocycles. The van der Waals surface area contributed by atoms with E-state index in [0.717, 1.165) is 19.3 Å².